The van der Waals surface area contributed by atoms with Crippen LogP contribution < -0.4 is 0 Å². The van der Waals surface area contributed by atoms with Crippen LogP contribution in [0, 0.1) is 11.8 Å². The lowest BCUT2D eigenvalue weighted by atomic mass is 9.99. The Balaban J connectivity index is 5.31. The number of aliphatic hydroxyl groups is 1. The highest BCUT2D eigenvalue weighted by molar-refractivity contribution is 7.47. The summed E-state index contributed by atoms with van der Waals surface area (Å²) in [7, 11) is -9.92. The minimum Gasteiger partial charge on any atom is -0.462 e. The first-order chi connectivity index (χ1) is 45.4. The van der Waals surface area contributed by atoms with Crippen molar-refractivity contribution >= 4 is 39.5 Å². The number of unbranched alkanes of at least 4 members (excludes halogenated alkanes) is 37. The van der Waals surface area contributed by atoms with E-state index in [1.54, 1.807) is 0 Å². The Morgan fingerprint density at radius 3 is 0.904 bits per heavy atom. The summed E-state index contributed by atoms with van der Waals surface area (Å²) in [6.45, 7) is 9.57. The van der Waals surface area contributed by atoms with Crippen LogP contribution in [-0.2, 0) is 65.4 Å². The predicted molar refractivity (Wildman–Crippen MR) is 381 cm³/mol. The number of phosphoric acid groups is 2. The number of carbonyl (C=O) groups excluding carboxylic acids is 4. The number of ether oxygens (including phenoxy) is 4. The van der Waals surface area contributed by atoms with E-state index in [9.17, 15) is 43.2 Å². The van der Waals surface area contributed by atoms with E-state index in [-0.39, 0.29) is 25.7 Å². The second-order valence-corrected chi connectivity index (χ2v) is 29.7. The minimum absolute atomic E-state index is 0.0848. The second kappa shape index (κ2) is 66.4. The van der Waals surface area contributed by atoms with Crippen molar-refractivity contribution in [1.82, 2.24) is 0 Å². The summed E-state index contributed by atoms with van der Waals surface area (Å²) in [5, 5.41) is 10.6. The number of rotatable bonds is 72. The highest BCUT2D eigenvalue weighted by Gasteiger charge is 2.30. The zero-order valence-corrected chi connectivity index (χ0v) is 62.5. The minimum atomic E-state index is -4.96. The fourth-order valence-corrected chi connectivity index (χ4v) is 12.5. The molecule has 0 heterocycles. The van der Waals surface area contributed by atoms with Crippen LogP contribution in [0.3, 0.4) is 0 Å². The maximum atomic E-state index is 13.1. The van der Waals surface area contributed by atoms with Gasteiger partial charge in [0.25, 0.3) is 0 Å². The predicted octanol–water partition coefficient (Wildman–Crippen LogP) is 21.5. The number of hydrogen-bond acceptors (Lipinski definition) is 15. The van der Waals surface area contributed by atoms with Gasteiger partial charge in [0.15, 0.2) is 12.2 Å². The van der Waals surface area contributed by atoms with E-state index in [0.717, 1.165) is 115 Å². The average molecular weight is 1380 g/mol. The van der Waals surface area contributed by atoms with Gasteiger partial charge in [-0.3, -0.25) is 37.3 Å². The molecule has 554 valence electrons. The number of esters is 4. The molecule has 0 radical (unpaired) electrons. The Labute approximate surface area is 573 Å². The van der Waals surface area contributed by atoms with Crippen molar-refractivity contribution in [2.45, 2.75) is 381 Å². The molecule has 0 spiro atoms. The monoisotopic (exact) mass is 1380 g/mol. The van der Waals surface area contributed by atoms with E-state index in [1.807, 2.05) is 0 Å². The van der Waals surface area contributed by atoms with E-state index >= 15 is 0 Å². The molecule has 0 aliphatic rings. The van der Waals surface area contributed by atoms with Crippen molar-refractivity contribution in [3.63, 3.8) is 0 Å². The van der Waals surface area contributed by atoms with Gasteiger partial charge < -0.3 is 33.8 Å². The summed E-state index contributed by atoms with van der Waals surface area (Å²) in [5.74, 6) is -0.538. The Hall–Kier alpha value is -2.46. The van der Waals surface area contributed by atoms with E-state index in [1.165, 1.54) is 167 Å². The smallest absolute Gasteiger partial charge is 0.462 e. The highest BCUT2D eigenvalue weighted by Crippen LogP contribution is 2.45. The van der Waals surface area contributed by atoms with Crippen LogP contribution in [-0.4, -0.2) is 96.7 Å². The maximum Gasteiger partial charge on any atom is 0.472 e. The van der Waals surface area contributed by atoms with Crippen LogP contribution in [0.2, 0.25) is 0 Å². The van der Waals surface area contributed by atoms with Crippen molar-refractivity contribution in [2.75, 3.05) is 39.6 Å². The molecule has 4 unspecified atom stereocenters. The van der Waals surface area contributed by atoms with Gasteiger partial charge in [-0.05, 0) is 63.2 Å². The van der Waals surface area contributed by atoms with Gasteiger partial charge in [-0.1, -0.05) is 310 Å². The summed E-state index contributed by atoms with van der Waals surface area (Å²) in [6, 6.07) is 0. The topological polar surface area (TPSA) is 237 Å². The lowest BCUT2D eigenvalue weighted by Gasteiger charge is -2.21. The standard InChI is InChI=1S/C75H142O17P2/c1-7-11-13-15-17-19-21-22-23-24-26-35-41-47-53-59-74(79)91-70(64-86-73(78)58-52-46-40-34-29-27-31-37-43-49-55-67(5)9-3)65-89-93(81,82)87-61-69(76)62-88-94(83,84)90-66-71(63-85-72(77)57-51-45-39-33-25-20-18-16-14-12-8-2)92-75(80)60-54-48-42-36-30-28-32-38-44-50-56-68(6)10-4/h19,21-23,67-71,76H,7-18,20,24-66H2,1-6H3,(H,81,82)(H,83,84)/b21-19-,23-22-/t67?,68?,69-,70-,71-/m1/s1. The summed E-state index contributed by atoms with van der Waals surface area (Å²) >= 11 is 0. The zero-order valence-electron chi connectivity index (χ0n) is 60.7. The molecular formula is C75H142O17P2. The van der Waals surface area contributed by atoms with Crippen LogP contribution >= 0.6 is 15.6 Å². The molecule has 17 nitrogen and oxygen atoms in total. The van der Waals surface area contributed by atoms with Gasteiger partial charge in [0, 0.05) is 25.7 Å². The van der Waals surface area contributed by atoms with Gasteiger partial charge in [0.05, 0.1) is 26.4 Å². The summed E-state index contributed by atoms with van der Waals surface area (Å²) in [5.41, 5.74) is 0. The Morgan fingerprint density at radius 1 is 0.340 bits per heavy atom. The Bertz CT molecular complexity index is 1920. The quantitative estimate of drug-likeness (QED) is 0.0169. The van der Waals surface area contributed by atoms with Crippen molar-refractivity contribution in [3.8, 4) is 0 Å². The first-order valence-electron chi connectivity index (χ1n) is 38.4. The molecule has 0 aromatic heterocycles. The number of phosphoric ester groups is 2. The van der Waals surface area contributed by atoms with E-state index in [0.29, 0.717) is 25.7 Å². The van der Waals surface area contributed by atoms with Crippen molar-refractivity contribution < 1.29 is 80.2 Å². The molecule has 0 saturated carbocycles. The van der Waals surface area contributed by atoms with Gasteiger partial charge in [-0.15, -0.1) is 0 Å². The third-order valence-corrected chi connectivity index (χ3v) is 19.5. The summed E-state index contributed by atoms with van der Waals surface area (Å²) in [4.78, 5) is 72.8. The molecule has 3 N–H and O–H groups in total. The number of allylic oxidation sites excluding steroid dienone is 4. The average Bonchev–Trinajstić information content (AvgIpc) is 1.58. The van der Waals surface area contributed by atoms with Gasteiger partial charge in [0.2, 0.25) is 0 Å². The van der Waals surface area contributed by atoms with Crippen LogP contribution in [0.5, 0.6) is 0 Å². The molecule has 0 saturated heterocycles. The van der Waals surface area contributed by atoms with E-state index < -0.39 is 97.5 Å². The van der Waals surface area contributed by atoms with Crippen LogP contribution in [0.1, 0.15) is 363 Å². The molecule has 0 aromatic rings. The molecule has 0 rings (SSSR count). The third kappa shape index (κ3) is 65.5. The maximum absolute atomic E-state index is 13.1. The van der Waals surface area contributed by atoms with E-state index in [2.05, 4.69) is 65.8 Å². The number of aliphatic hydroxyl groups excluding tert-OH is 1. The second-order valence-electron chi connectivity index (χ2n) is 26.8. The molecule has 19 heteroatoms. The Morgan fingerprint density at radius 2 is 0.596 bits per heavy atom. The number of hydrogen-bond donors (Lipinski definition) is 3. The molecule has 0 aliphatic heterocycles. The molecular weight excluding hydrogens is 1230 g/mol. The van der Waals surface area contributed by atoms with Crippen LogP contribution in [0.25, 0.3) is 0 Å². The fraction of sp³-hybridized carbons (Fsp3) is 0.893. The van der Waals surface area contributed by atoms with Crippen molar-refractivity contribution in [1.29, 1.82) is 0 Å². The summed E-state index contributed by atoms with van der Waals surface area (Å²) < 4.78 is 68.5. The molecule has 0 aliphatic carbocycles. The highest BCUT2D eigenvalue weighted by atomic mass is 31.2. The van der Waals surface area contributed by atoms with Gasteiger partial charge in [0.1, 0.15) is 19.3 Å². The van der Waals surface area contributed by atoms with E-state index in [4.69, 9.17) is 37.0 Å². The lowest BCUT2D eigenvalue weighted by Crippen LogP contribution is -2.30. The Kier molecular flexibility index (Phi) is 64.7. The SMILES string of the molecule is CCCCCC/C=C\C=C/CCCCCCCC(=O)O[C@H](COC(=O)CCCCCCCCCCCCC(C)CC)COP(=O)(O)OC[C@@H](O)COP(=O)(O)OC[C@@H](COC(=O)CCCCCCCCCCCCC)OC(=O)CCCCCCCCCCCCC(C)CC. The molecule has 0 amide bonds. The first kappa shape index (κ1) is 91.5. The van der Waals surface area contributed by atoms with Crippen molar-refractivity contribution in [2.24, 2.45) is 11.8 Å². The van der Waals surface area contributed by atoms with Crippen LogP contribution in [0.15, 0.2) is 24.3 Å². The molecule has 94 heavy (non-hydrogen) atoms. The zero-order chi connectivity index (χ0) is 69.3. The van der Waals surface area contributed by atoms with Crippen LogP contribution in [0.4, 0.5) is 0 Å². The van der Waals surface area contributed by atoms with Gasteiger partial charge >= 0.3 is 39.5 Å². The van der Waals surface area contributed by atoms with Gasteiger partial charge in [-0.2, -0.15) is 0 Å². The summed E-state index contributed by atoms with van der Waals surface area (Å²) in [6.07, 6.45) is 56.0. The molecule has 0 aromatic carbocycles. The lowest BCUT2D eigenvalue weighted by molar-refractivity contribution is -0.161. The van der Waals surface area contributed by atoms with Crippen molar-refractivity contribution in [3.05, 3.63) is 24.3 Å². The number of carbonyl (C=O) groups is 4. The molecule has 7 atom stereocenters. The third-order valence-electron chi connectivity index (χ3n) is 17.6. The largest absolute Gasteiger partial charge is 0.472 e. The fourth-order valence-electron chi connectivity index (χ4n) is 10.9. The van der Waals surface area contributed by atoms with Gasteiger partial charge in [-0.25, -0.2) is 9.13 Å². The first-order valence-corrected chi connectivity index (χ1v) is 41.4. The molecule has 0 bridgehead atoms. The molecule has 0 fully saturated rings. The normalized spacial score (nSPS) is 14.8.